The topological polar surface area (TPSA) is 50.4 Å². The molecule has 0 amide bonds. The second-order valence-corrected chi connectivity index (χ2v) is 7.09. The minimum absolute atomic E-state index is 0.318. The smallest absolute Gasteiger partial charge is 0.341 e. The molecule has 1 heterocycles. The molecule has 0 aliphatic heterocycles. The van der Waals surface area contributed by atoms with Crippen LogP contribution >= 0.6 is 35.2 Å². The van der Waals surface area contributed by atoms with Gasteiger partial charge in [-0.2, -0.15) is 0 Å². The Balaban J connectivity index is 1.78. The van der Waals surface area contributed by atoms with Gasteiger partial charge in [0, 0.05) is 15.6 Å². The van der Waals surface area contributed by atoms with E-state index in [0.29, 0.717) is 15.7 Å². The van der Waals surface area contributed by atoms with Gasteiger partial charge in [-0.3, -0.25) is 0 Å². The number of fused-ring (bicyclic) bond motifs is 1. The van der Waals surface area contributed by atoms with E-state index in [9.17, 15) is 4.79 Å². The van der Waals surface area contributed by atoms with E-state index < -0.39 is 0 Å². The minimum Gasteiger partial charge on any atom is -0.465 e. The van der Waals surface area contributed by atoms with Gasteiger partial charge in [-0.1, -0.05) is 11.6 Å². The van der Waals surface area contributed by atoms with Crippen LogP contribution in [0.5, 0.6) is 0 Å². The van der Waals surface area contributed by atoms with E-state index in [4.69, 9.17) is 28.6 Å². The summed E-state index contributed by atoms with van der Waals surface area (Å²) in [5, 5.41) is 8.04. The molecule has 2 N–H and O–H groups in total. The first-order chi connectivity index (χ1) is 11.1. The third kappa shape index (κ3) is 3.49. The summed E-state index contributed by atoms with van der Waals surface area (Å²) in [5.74, 6) is -0.318. The zero-order valence-corrected chi connectivity index (χ0v) is 14.8. The highest BCUT2D eigenvalue weighted by molar-refractivity contribution is 7.80. The predicted molar refractivity (Wildman–Crippen MR) is 99.0 cm³/mol. The number of benzene rings is 1. The SMILES string of the molecule is COC(=O)c1c(NC(=S)Nc2ccc(Cl)cc2)sc2c1CCC2. The van der Waals surface area contributed by atoms with Crippen LogP contribution in [0.15, 0.2) is 24.3 Å². The first kappa shape index (κ1) is 16.2. The fraction of sp³-hybridized carbons (Fsp3) is 0.250. The molecule has 1 aliphatic rings. The maximum Gasteiger partial charge on any atom is 0.341 e. The van der Waals surface area contributed by atoms with Crippen molar-refractivity contribution in [1.82, 2.24) is 0 Å². The highest BCUT2D eigenvalue weighted by Gasteiger charge is 2.27. The molecule has 1 aromatic heterocycles. The van der Waals surface area contributed by atoms with Crippen LogP contribution in [0.3, 0.4) is 0 Å². The molecule has 23 heavy (non-hydrogen) atoms. The van der Waals surface area contributed by atoms with Gasteiger partial charge in [0.25, 0.3) is 0 Å². The van der Waals surface area contributed by atoms with Crippen molar-refractivity contribution in [3.63, 3.8) is 0 Å². The number of halogens is 1. The van der Waals surface area contributed by atoms with Gasteiger partial charge in [-0.05, 0) is 61.3 Å². The fourth-order valence-corrected chi connectivity index (χ4v) is 4.30. The van der Waals surface area contributed by atoms with Crippen molar-refractivity contribution < 1.29 is 9.53 Å². The van der Waals surface area contributed by atoms with Crippen LogP contribution in [0.2, 0.25) is 5.02 Å². The van der Waals surface area contributed by atoms with Crippen molar-refractivity contribution in [2.24, 2.45) is 0 Å². The van der Waals surface area contributed by atoms with Crippen LogP contribution < -0.4 is 10.6 Å². The molecule has 4 nitrogen and oxygen atoms in total. The predicted octanol–water partition coefficient (Wildman–Crippen LogP) is 4.49. The van der Waals surface area contributed by atoms with Crippen molar-refractivity contribution >= 4 is 56.9 Å². The van der Waals surface area contributed by atoms with Crippen LogP contribution in [-0.4, -0.2) is 18.2 Å². The Morgan fingerprint density at radius 1 is 1.26 bits per heavy atom. The number of methoxy groups -OCH3 is 1. The van der Waals surface area contributed by atoms with E-state index in [1.165, 1.54) is 12.0 Å². The summed E-state index contributed by atoms with van der Waals surface area (Å²) in [5.41, 5.74) is 2.54. The van der Waals surface area contributed by atoms with Crippen LogP contribution in [0, 0.1) is 0 Å². The van der Waals surface area contributed by atoms with E-state index in [1.807, 2.05) is 12.1 Å². The molecule has 3 rings (SSSR count). The molecule has 1 aromatic carbocycles. The van der Waals surface area contributed by atoms with E-state index >= 15 is 0 Å². The quantitative estimate of drug-likeness (QED) is 0.619. The average molecular weight is 367 g/mol. The third-order valence-electron chi connectivity index (χ3n) is 3.64. The summed E-state index contributed by atoms with van der Waals surface area (Å²) < 4.78 is 4.92. The largest absolute Gasteiger partial charge is 0.465 e. The van der Waals surface area contributed by atoms with Crippen molar-refractivity contribution in [1.29, 1.82) is 0 Å². The Bertz CT molecular complexity index is 756. The van der Waals surface area contributed by atoms with Crippen LogP contribution in [0.1, 0.15) is 27.2 Å². The molecule has 0 radical (unpaired) electrons. The van der Waals surface area contributed by atoms with Crippen molar-refractivity contribution in [2.75, 3.05) is 17.7 Å². The molecule has 0 saturated heterocycles. The summed E-state index contributed by atoms with van der Waals surface area (Å²) >= 11 is 12.8. The number of esters is 1. The van der Waals surface area contributed by atoms with Gasteiger partial charge in [0.15, 0.2) is 5.11 Å². The van der Waals surface area contributed by atoms with Crippen LogP contribution in [-0.2, 0) is 17.6 Å². The molecular weight excluding hydrogens is 352 g/mol. The molecule has 7 heteroatoms. The zero-order chi connectivity index (χ0) is 16.4. The zero-order valence-electron chi connectivity index (χ0n) is 12.4. The fourth-order valence-electron chi connectivity index (χ4n) is 2.61. The molecule has 0 unspecified atom stereocenters. The van der Waals surface area contributed by atoms with Gasteiger partial charge in [0.05, 0.1) is 12.7 Å². The van der Waals surface area contributed by atoms with Crippen molar-refractivity contribution in [3.05, 3.63) is 45.3 Å². The van der Waals surface area contributed by atoms with E-state index in [2.05, 4.69) is 10.6 Å². The molecule has 0 saturated carbocycles. The third-order valence-corrected chi connectivity index (χ3v) is 5.30. The summed E-state index contributed by atoms with van der Waals surface area (Å²) in [4.78, 5) is 13.3. The molecule has 0 bridgehead atoms. The summed E-state index contributed by atoms with van der Waals surface area (Å²) in [7, 11) is 1.40. The molecule has 2 aromatic rings. The lowest BCUT2D eigenvalue weighted by Gasteiger charge is -2.11. The van der Waals surface area contributed by atoms with E-state index in [0.717, 1.165) is 35.5 Å². The number of hydrogen-bond donors (Lipinski definition) is 2. The maximum atomic E-state index is 12.1. The summed E-state index contributed by atoms with van der Waals surface area (Å²) in [6.07, 6.45) is 3.00. The lowest BCUT2D eigenvalue weighted by Crippen LogP contribution is -2.20. The first-order valence-corrected chi connectivity index (χ1v) is 8.75. The standard InChI is InChI=1S/C16H15ClN2O2S2/c1-21-15(20)13-11-3-2-4-12(11)23-14(13)19-16(22)18-10-7-5-9(17)6-8-10/h5-8H,2-4H2,1H3,(H2,18,19,22). The lowest BCUT2D eigenvalue weighted by atomic mass is 10.1. The Morgan fingerprint density at radius 2 is 2.00 bits per heavy atom. The number of hydrogen-bond acceptors (Lipinski definition) is 4. The Morgan fingerprint density at radius 3 is 2.70 bits per heavy atom. The molecular formula is C16H15ClN2O2S2. The van der Waals surface area contributed by atoms with Gasteiger partial charge in [-0.15, -0.1) is 11.3 Å². The van der Waals surface area contributed by atoms with Crippen LogP contribution in [0.4, 0.5) is 10.7 Å². The van der Waals surface area contributed by atoms with Gasteiger partial charge in [-0.25, -0.2) is 4.79 Å². The number of thiocarbonyl (C=S) groups is 1. The number of carbonyl (C=O) groups excluding carboxylic acids is 1. The van der Waals surface area contributed by atoms with Crippen LogP contribution in [0.25, 0.3) is 0 Å². The Hall–Kier alpha value is -1.63. The second-order valence-electron chi connectivity index (χ2n) is 5.14. The number of carbonyl (C=O) groups is 1. The number of aryl methyl sites for hydroxylation is 1. The van der Waals surface area contributed by atoms with Crippen molar-refractivity contribution in [3.8, 4) is 0 Å². The van der Waals surface area contributed by atoms with Gasteiger partial charge < -0.3 is 15.4 Å². The molecule has 120 valence electrons. The first-order valence-electron chi connectivity index (χ1n) is 7.15. The number of rotatable bonds is 3. The lowest BCUT2D eigenvalue weighted by molar-refractivity contribution is 0.0601. The summed E-state index contributed by atoms with van der Waals surface area (Å²) in [6.45, 7) is 0. The van der Waals surface area contributed by atoms with E-state index in [1.54, 1.807) is 23.5 Å². The Kier molecular flexibility index (Phi) is 4.84. The van der Waals surface area contributed by atoms with Crippen molar-refractivity contribution in [2.45, 2.75) is 19.3 Å². The number of nitrogens with one attached hydrogen (secondary N) is 2. The molecule has 0 atom stereocenters. The average Bonchev–Trinajstić information content (AvgIpc) is 3.09. The highest BCUT2D eigenvalue weighted by Crippen LogP contribution is 2.39. The highest BCUT2D eigenvalue weighted by atomic mass is 35.5. The number of anilines is 2. The molecule has 1 aliphatic carbocycles. The number of ether oxygens (including phenoxy) is 1. The summed E-state index contributed by atoms with van der Waals surface area (Å²) in [6, 6.07) is 7.25. The van der Waals surface area contributed by atoms with E-state index in [-0.39, 0.29) is 5.97 Å². The van der Waals surface area contributed by atoms with Gasteiger partial charge in [0.2, 0.25) is 0 Å². The maximum absolute atomic E-state index is 12.1. The van der Waals surface area contributed by atoms with Gasteiger partial charge >= 0.3 is 5.97 Å². The van der Waals surface area contributed by atoms with Gasteiger partial charge in [0.1, 0.15) is 5.00 Å². The molecule has 0 spiro atoms. The Labute approximate surface area is 148 Å². The molecule has 0 fully saturated rings. The number of thiophene rings is 1. The second kappa shape index (κ2) is 6.86. The monoisotopic (exact) mass is 366 g/mol. The minimum atomic E-state index is -0.318. The normalized spacial score (nSPS) is 12.6.